The van der Waals surface area contributed by atoms with Crippen LogP contribution in [-0.4, -0.2) is 96.2 Å². The van der Waals surface area contributed by atoms with Crippen molar-refractivity contribution in [3.8, 4) is 0 Å². The lowest BCUT2D eigenvalue weighted by molar-refractivity contribution is -0.0754. The molecular formula is C31H43N3O4. The van der Waals surface area contributed by atoms with Gasteiger partial charge in [0.2, 0.25) is 0 Å². The van der Waals surface area contributed by atoms with Crippen LogP contribution in [0.2, 0.25) is 0 Å². The smallest absolute Gasteiger partial charge is 0.261 e. The van der Waals surface area contributed by atoms with Crippen LogP contribution in [0.1, 0.15) is 60.7 Å². The van der Waals surface area contributed by atoms with Crippen LogP contribution in [-0.2, 0) is 4.74 Å². The Hall–Kier alpha value is -2.32. The zero-order valence-electron chi connectivity index (χ0n) is 23.1. The molecule has 2 fully saturated rings. The van der Waals surface area contributed by atoms with E-state index in [1.54, 1.807) is 0 Å². The van der Waals surface area contributed by atoms with Crippen LogP contribution in [0.3, 0.4) is 0 Å². The molecule has 0 radical (unpaired) electrons. The summed E-state index contributed by atoms with van der Waals surface area (Å²) in [5.41, 5.74) is 1.22. The van der Waals surface area contributed by atoms with Crippen LogP contribution >= 0.6 is 0 Å². The largest absolute Gasteiger partial charge is 0.389 e. The maximum atomic E-state index is 13.1. The zero-order valence-corrected chi connectivity index (χ0v) is 23.1. The lowest BCUT2D eigenvalue weighted by Crippen LogP contribution is -2.52. The Balaban J connectivity index is 1.07. The number of hydrogen-bond donors (Lipinski definition) is 1. The fourth-order valence-corrected chi connectivity index (χ4v) is 6.61. The van der Waals surface area contributed by atoms with Crippen molar-refractivity contribution in [3.05, 3.63) is 47.5 Å². The monoisotopic (exact) mass is 521 g/mol. The number of ether oxygens (including phenoxy) is 1. The van der Waals surface area contributed by atoms with Crippen LogP contribution < -0.4 is 0 Å². The predicted octanol–water partition coefficient (Wildman–Crippen LogP) is 3.89. The topological polar surface area (TPSA) is 73.3 Å². The molecule has 2 aromatic carbocycles. The highest BCUT2D eigenvalue weighted by Gasteiger charge is 2.34. The van der Waals surface area contributed by atoms with E-state index in [4.69, 9.17) is 4.74 Å². The second kappa shape index (κ2) is 11.8. The molecule has 0 aromatic heterocycles. The third-order valence-corrected chi connectivity index (χ3v) is 8.89. The quantitative estimate of drug-likeness (QED) is 0.505. The van der Waals surface area contributed by atoms with Crippen molar-refractivity contribution in [2.75, 3.05) is 52.4 Å². The van der Waals surface area contributed by atoms with Gasteiger partial charge in [-0.1, -0.05) is 51.5 Å². The molecule has 3 aliphatic rings. The minimum absolute atomic E-state index is 0.201. The molecule has 2 amide bonds. The van der Waals surface area contributed by atoms with Gasteiger partial charge in [-0.3, -0.25) is 24.3 Å². The highest BCUT2D eigenvalue weighted by atomic mass is 16.5. The van der Waals surface area contributed by atoms with Crippen molar-refractivity contribution in [2.24, 2.45) is 17.8 Å². The van der Waals surface area contributed by atoms with E-state index in [0.29, 0.717) is 55.1 Å². The molecule has 2 aliphatic heterocycles. The van der Waals surface area contributed by atoms with E-state index in [2.05, 4.69) is 30.6 Å². The van der Waals surface area contributed by atoms with Gasteiger partial charge in [0.15, 0.2) is 0 Å². The molecule has 7 heteroatoms. The summed E-state index contributed by atoms with van der Waals surface area (Å²) in [6.45, 7) is 12.3. The molecule has 4 atom stereocenters. The number of piperazine rings is 1. The summed E-state index contributed by atoms with van der Waals surface area (Å²) in [6, 6.07) is 11.3. The van der Waals surface area contributed by atoms with Gasteiger partial charge in [0, 0.05) is 62.3 Å². The second-order valence-corrected chi connectivity index (χ2v) is 12.0. The van der Waals surface area contributed by atoms with Crippen LogP contribution in [0.5, 0.6) is 0 Å². The standard InChI is InChI=1S/C31H43N3O4/c1-21(2)25-11-10-22(3)18-28(25)38-20-24(35)19-33-14-12-32(13-15-33)16-17-34-30(36)26-8-4-6-23-7-5-9-27(29(23)26)31(34)37/h4-9,21-22,24-25,28,35H,10-20H2,1-3H3/t22-,24-,25-,28-/m0/s1. The highest BCUT2D eigenvalue weighted by molar-refractivity contribution is 6.25. The number of amides is 2. The van der Waals surface area contributed by atoms with Gasteiger partial charge in [-0.05, 0) is 48.1 Å². The average Bonchev–Trinajstić information content (AvgIpc) is 2.91. The first kappa shape index (κ1) is 27.3. The third kappa shape index (κ3) is 5.81. The number of β-amino-alcohol motifs (C(OH)–C–C–N with tert-alkyl or cyclic N) is 1. The minimum atomic E-state index is -0.488. The van der Waals surface area contributed by atoms with E-state index in [9.17, 15) is 14.7 Å². The van der Waals surface area contributed by atoms with Crippen molar-refractivity contribution in [2.45, 2.75) is 52.2 Å². The van der Waals surface area contributed by atoms with E-state index in [-0.39, 0.29) is 17.9 Å². The molecular weight excluding hydrogens is 478 g/mol. The SMILES string of the molecule is CC(C)[C@@H]1CC[C@H](C)C[C@@H]1OC[C@@H](O)CN1CCN(CCN2C(=O)c3cccc4cccc(c34)C2=O)CC1. The van der Waals surface area contributed by atoms with Gasteiger partial charge < -0.3 is 9.84 Å². The van der Waals surface area contributed by atoms with Gasteiger partial charge in [0.25, 0.3) is 11.8 Å². The van der Waals surface area contributed by atoms with Crippen LogP contribution in [0.4, 0.5) is 0 Å². The second-order valence-electron chi connectivity index (χ2n) is 12.0. The number of benzene rings is 2. The number of nitrogens with zero attached hydrogens (tertiary/aromatic N) is 3. The first-order valence-electron chi connectivity index (χ1n) is 14.4. The molecule has 0 bridgehead atoms. The summed E-state index contributed by atoms with van der Waals surface area (Å²) in [5, 5.41) is 12.4. The van der Waals surface area contributed by atoms with E-state index in [1.165, 1.54) is 17.7 Å². The fourth-order valence-electron chi connectivity index (χ4n) is 6.61. The Kier molecular flexibility index (Phi) is 8.48. The number of aliphatic hydroxyl groups is 1. The van der Waals surface area contributed by atoms with Crippen molar-refractivity contribution >= 4 is 22.6 Å². The Labute approximate surface area is 226 Å². The van der Waals surface area contributed by atoms with Crippen LogP contribution in [0.15, 0.2) is 36.4 Å². The van der Waals surface area contributed by atoms with Gasteiger partial charge in [-0.25, -0.2) is 0 Å². The van der Waals surface area contributed by atoms with E-state index < -0.39 is 6.10 Å². The summed E-state index contributed by atoms with van der Waals surface area (Å²) >= 11 is 0. The molecule has 1 aliphatic carbocycles. The van der Waals surface area contributed by atoms with Gasteiger partial charge in [0.1, 0.15) is 0 Å². The molecule has 1 saturated carbocycles. The van der Waals surface area contributed by atoms with E-state index in [0.717, 1.165) is 43.4 Å². The number of rotatable bonds is 9. The fraction of sp³-hybridized carbons (Fsp3) is 0.613. The Morgan fingerprint density at radius 3 is 2.18 bits per heavy atom. The van der Waals surface area contributed by atoms with Gasteiger partial charge in [-0.15, -0.1) is 0 Å². The molecule has 2 aromatic rings. The normalized spacial score (nSPS) is 25.9. The third-order valence-electron chi connectivity index (χ3n) is 8.89. The van der Waals surface area contributed by atoms with Gasteiger partial charge in [-0.2, -0.15) is 0 Å². The predicted molar refractivity (Wildman–Crippen MR) is 149 cm³/mol. The number of imide groups is 1. The first-order valence-corrected chi connectivity index (χ1v) is 14.4. The summed E-state index contributed by atoms with van der Waals surface area (Å²) in [7, 11) is 0. The molecule has 206 valence electrons. The van der Waals surface area contributed by atoms with E-state index >= 15 is 0 Å². The molecule has 2 heterocycles. The van der Waals surface area contributed by atoms with Crippen LogP contribution in [0, 0.1) is 17.8 Å². The molecule has 5 rings (SSSR count). The van der Waals surface area contributed by atoms with Crippen molar-refractivity contribution < 1.29 is 19.4 Å². The van der Waals surface area contributed by atoms with Crippen LogP contribution in [0.25, 0.3) is 10.8 Å². The Morgan fingerprint density at radius 1 is 0.921 bits per heavy atom. The maximum absolute atomic E-state index is 13.1. The first-order chi connectivity index (χ1) is 18.3. The molecule has 1 saturated heterocycles. The lowest BCUT2D eigenvalue weighted by Gasteiger charge is -2.38. The summed E-state index contributed by atoms with van der Waals surface area (Å²) in [4.78, 5) is 32.3. The molecule has 1 N–H and O–H groups in total. The van der Waals surface area contributed by atoms with E-state index in [1.807, 2.05) is 36.4 Å². The van der Waals surface area contributed by atoms with Crippen molar-refractivity contribution in [1.82, 2.24) is 14.7 Å². The molecule has 0 spiro atoms. The van der Waals surface area contributed by atoms with Crippen molar-refractivity contribution in [1.29, 1.82) is 0 Å². The lowest BCUT2D eigenvalue weighted by atomic mass is 9.75. The number of aliphatic hydroxyl groups excluding tert-OH is 1. The highest BCUT2D eigenvalue weighted by Crippen LogP contribution is 2.35. The Morgan fingerprint density at radius 2 is 1.55 bits per heavy atom. The maximum Gasteiger partial charge on any atom is 0.261 e. The molecule has 7 nitrogen and oxygen atoms in total. The Bertz CT molecular complexity index is 1090. The number of carbonyl (C=O) groups excluding carboxylic acids is 2. The zero-order chi connectivity index (χ0) is 26.8. The minimum Gasteiger partial charge on any atom is -0.389 e. The van der Waals surface area contributed by atoms with Crippen molar-refractivity contribution in [3.63, 3.8) is 0 Å². The summed E-state index contributed by atoms with van der Waals surface area (Å²) in [5.74, 6) is 1.49. The number of hydrogen-bond acceptors (Lipinski definition) is 6. The molecule has 38 heavy (non-hydrogen) atoms. The van der Waals surface area contributed by atoms with Gasteiger partial charge >= 0.3 is 0 Å². The average molecular weight is 522 g/mol. The van der Waals surface area contributed by atoms with Gasteiger partial charge in [0.05, 0.1) is 18.8 Å². The summed E-state index contributed by atoms with van der Waals surface area (Å²) in [6.07, 6.45) is 3.36. The number of carbonyl (C=O) groups is 2. The summed E-state index contributed by atoms with van der Waals surface area (Å²) < 4.78 is 6.27. The molecule has 0 unspecified atom stereocenters.